The summed E-state index contributed by atoms with van der Waals surface area (Å²) in [6, 6.07) is 10.9. The molecule has 0 saturated heterocycles. The maximum atomic E-state index is 13.4. The highest BCUT2D eigenvalue weighted by Gasteiger charge is 2.42. The highest BCUT2D eigenvalue weighted by molar-refractivity contribution is 9.10. The number of anilines is 1. The minimum atomic E-state index is -4.63. The van der Waals surface area contributed by atoms with Gasteiger partial charge in [0, 0.05) is 15.9 Å². The Morgan fingerprint density at radius 2 is 1.74 bits per heavy atom. The molecular formula is C24H22BrF3N2O4. The van der Waals surface area contributed by atoms with E-state index in [2.05, 4.69) is 15.9 Å². The Labute approximate surface area is 202 Å². The average molecular weight is 539 g/mol. The van der Waals surface area contributed by atoms with Gasteiger partial charge in [-0.25, -0.2) is 9.59 Å². The lowest BCUT2D eigenvalue weighted by molar-refractivity contribution is -0.143. The number of hydrogen-bond donors (Lipinski definition) is 2. The van der Waals surface area contributed by atoms with Gasteiger partial charge in [-0.05, 0) is 56.7 Å². The number of halogens is 4. The van der Waals surface area contributed by atoms with Gasteiger partial charge in [0.1, 0.15) is 5.82 Å². The second-order valence-corrected chi connectivity index (χ2v) is 8.84. The SMILES string of the molecule is CC1=C(C(=O)OC(C)C)C(c2ccc(Br)cc2)C(C(=O)O)=C(N)N1c1cccc(C(F)(F)F)c1. The van der Waals surface area contributed by atoms with Gasteiger partial charge in [-0.3, -0.25) is 0 Å². The summed E-state index contributed by atoms with van der Waals surface area (Å²) in [7, 11) is 0. The van der Waals surface area contributed by atoms with E-state index in [1.54, 1.807) is 38.1 Å². The van der Waals surface area contributed by atoms with Crippen molar-refractivity contribution in [3.8, 4) is 0 Å². The van der Waals surface area contributed by atoms with Crippen LogP contribution in [0.5, 0.6) is 0 Å². The van der Waals surface area contributed by atoms with Crippen molar-refractivity contribution in [1.82, 2.24) is 0 Å². The van der Waals surface area contributed by atoms with E-state index in [0.29, 0.717) is 5.56 Å². The van der Waals surface area contributed by atoms with Crippen LogP contribution < -0.4 is 10.6 Å². The van der Waals surface area contributed by atoms with Crippen LogP contribution in [0.2, 0.25) is 0 Å². The van der Waals surface area contributed by atoms with Gasteiger partial charge in [0.25, 0.3) is 0 Å². The van der Waals surface area contributed by atoms with Gasteiger partial charge < -0.3 is 20.5 Å². The lowest BCUT2D eigenvalue weighted by Gasteiger charge is -2.37. The van der Waals surface area contributed by atoms with Gasteiger partial charge in [0.15, 0.2) is 0 Å². The Morgan fingerprint density at radius 3 is 2.26 bits per heavy atom. The predicted molar refractivity (Wildman–Crippen MR) is 124 cm³/mol. The second kappa shape index (κ2) is 9.54. The molecule has 1 aliphatic rings. The number of hydrogen-bond acceptors (Lipinski definition) is 5. The van der Waals surface area contributed by atoms with Gasteiger partial charge in [0.2, 0.25) is 0 Å². The van der Waals surface area contributed by atoms with Crippen molar-refractivity contribution in [3.63, 3.8) is 0 Å². The maximum Gasteiger partial charge on any atom is 0.416 e. The van der Waals surface area contributed by atoms with Crippen molar-refractivity contribution in [2.24, 2.45) is 5.73 Å². The number of benzene rings is 2. The third kappa shape index (κ3) is 4.96. The van der Waals surface area contributed by atoms with E-state index >= 15 is 0 Å². The summed E-state index contributed by atoms with van der Waals surface area (Å²) in [5, 5.41) is 10.1. The molecule has 0 spiro atoms. The second-order valence-electron chi connectivity index (χ2n) is 7.93. The summed E-state index contributed by atoms with van der Waals surface area (Å²) in [5.41, 5.74) is 5.55. The molecule has 0 aliphatic carbocycles. The molecule has 0 amide bonds. The molecule has 180 valence electrons. The van der Waals surface area contributed by atoms with E-state index in [1.807, 2.05) is 0 Å². The molecule has 0 fully saturated rings. The lowest BCUT2D eigenvalue weighted by atomic mass is 9.80. The molecule has 1 unspecified atom stereocenters. The van der Waals surface area contributed by atoms with Gasteiger partial charge in [-0.15, -0.1) is 0 Å². The van der Waals surface area contributed by atoms with Gasteiger partial charge in [-0.1, -0.05) is 34.1 Å². The molecule has 3 rings (SSSR count). The first kappa shape index (κ1) is 25.4. The molecule has 0 aromatic heterocycles. The van der Waals surface area contributed by atoms with Crippen LogP contribution in [0.25, 0.3) is 0 Å². The molecule has 1 heterocycles. The number of aliphatic carboxylic acids is 1. The largest absolute Gasteiger partial charge is 0.478 e. The van der Waals surface area contributed by atoms with E-state index < -0.39 is 35.7 Å². The zero-order chi connectivity index (χ0) is 25.4. The first-order chi connectivity index (χ1) is 15.8. The Kier molecular flexibility index (Phi) is 7.11. The summed E-state index contributed by atoms with van der Waals surface area (Å²) in [4.78, 5) is 26.7. The number of carbonyl (C=O) groups excluding carboxylic acids is 1. The quantitative estimate of drug-likeness (QED) is 0.484. The van der Waals surface area contributed by atoms with Crippen LogP contribution in [-0.4, -0.2) is 23.1 Å². The predicted octanol–water partition coefficient (Wildman–Crippen LogP) is 5.55. The summed E-state index contributed by atoms with van der Waals surface area (Å²) in [6.07, 6.45) is -5.14. The smallest absolute Gasteiger partial charge is 0.416 e. The van der Waals surface area contributed by atoms with Crippen LogP contribution in [0.4, 0.5) is 18.9 Å². The number of allylic oxidation sites excluding steroid dienone is 1. The van der Waals surface area contributed by atoms with Crippen LogP contribution in [0, 0.1) is 0 Å². The molecule has 2 aromatic rings. The molecule has 0 radical (unpaired) electrons. The molecule has 3 N–H and O–H groups in total. The van der Waals surface area contributed by atoms with Crippen molar-refractivity contribution in [1.29, 1.82) is 0 Å². The Morgan fingerprint density at radius 1 is 1.12 bits per heavy atom. The maximum absolute atomic E-state index is 13.4. The van der Waals surface area contributed by atoms with Gasteiger partial charge in [0.05, 0.1) is 28.7 Å². The summed E-state index contributed by atoms with van der Waals surface area (Å²) in [6.45, 7) is 4.77. The zero-order valence-corrected chi connectivity index (χ0v) is 20.1. The Bertz CT molecular complexity index is 1190. The van der Waals surface area contributed by atoms with E-state index in [9.17, 15) is 27.9 Å². The van der Waals surface area contributed by atoms with Crippen LogP contribution in [0.3, 0.4) is 0 Å². The number of carboxylic acid groups (broad SMARTS) is 1. The number of ether oxygens (including phenoxy) is 1. The number of rotatable bonds is 5. The molecule has 2 aromatic carbocycles. The number of alkyl halides is 3. The first-order valence-corrected chi connectivity index (χ1v) is 11.0. The number of carbonyl (C=O) groups is 2. The van der Waals surface area contributed by atoms with E-state index in [1.165, 1.54) is 19.1 Å². The zero-order valence-electron chi connectivity index (χ0n) is 18.5. The van der Waals surface area contributed by atoms with Gasteiger partial charge >= 0.3 is 18.1 Å². The van der Waals surface area contributed by atoms with Crippen molar-refractivity contribution < 1.29 is 32.6 Å². The molecule has 0 saturated carbocycles. The molecule has 10 heteroatoms. The minimum absolute atomic E-state index is 0.0277. The Hall–Kier alpha value is -3.27. The average Bonchev–Trinajstić information content (AvgIpc) is 2.72. The third-order valence-electron chi connectivity index (χ3n) is 5.25. The standard InChI is InChI=1S/C24H22BrF3N2O4/c1-12(2)34-23(33)18-13(3)30(17-6-4-5-15(11-17)24(26,27)28)21(29)20(22(31)32)19(18)14-7-9-16(25)10-8-14/h4-12,19H,29H2,1-3H3,(H,31,32). The van der Waals surface area contributed by atoms with Crippen molar-refractivity contribution >= 4 is 33.6 Å². The summed E-state index contributed by atoms with van der Waals surface area (Å²) in [5.74, 6) is -3.59. The van der Waals surface area contributed by atoms with Crippen LogP contribution in [-0.2, 0) is 20.5 Å². The number of nitrogens with zero attached hydrogens (tertiary/aromatic N) is 1. The van der Waals surface area contributed by atoms with E-state index in [0.717, 1.165) is 21.5 Å². The minimum Gasteiger partial charge on any atom is -0.478 e. The summed E-state index contributed by atoms with van der Waals surface area (Å²) >= 11 is 3.32. The Balaban J connectivity index is 2.31. The van der Waals surface area contributed by atoms with Gasteiger partial charge in [-0.2, -0.15) is 13.2 Å². The summed E-state index contributed by atoms with van der Waals surface area (Å²) < 4.78 is 46.2. The fourth-order valence-corrected chi connectivity index (χ4v) is 4.11. The molecule has 1 aliphatic heterocycles. The number of nitrogens with two attached hydrogens (primary N) is 1. The lowest BCUT2D eigenvalue weighted by Crippen LogP contribution is -2.39. The van der Waals surface area contributed by atoms with Crippen molar-refractivity contribution in [2.75, 3.05) is 4.90 Å². The molecule has 6 nitrogen and oxygen atoms in total. The fourth-order valence-electron chi connectivity index (χ4n) is 3.84. The molecular weight excluding hydrogens is 517 g/mol. The molecule has 1 atom stereocenters. The third-order valence-corrected chi connectivity index (χ3v) is 5.78. The molecule has 34 heavy (non-hydrogen) atoms. The number of esters is 1. The normalized spacial score (nSPS) is 16.8. The van der Waals surface area contributed by atoms with Crippen LogP contribution in [0.15, 0.2) is 75.7 Å². The number of carboxylic acids is 1. The topological polar surface area (TPSA) is 92.9 Å². The molecule has 0 bridgehead atoms. The first-order valence-electron chi connectivity index (χ1n) is 10.2. The highest BCUT2D eigenvalue weighted by Crippen LogP contribution is 2.44. The van der Waals surface area contributed by atoms with E-state index in [-0.39, 0.29) is 28.4 Å². The monoisotopic (exact) mass is 538 g/mol. The van der Waals surface area contributed by atoms with E-state index in [4.69, 9.17) is 10.5 Å². The fraction of sp³-hybridized carbons (Fsp3) is 0.250. The van der Waals surface area contributed by atoms with Crippen LogP contribution >= 0.6 is 15.9 Å². The highest BCUT2D eigenvalue weighted by atomic mass is 79.9. The van der Waals surface area contributed by atoms with Crippen LogP contribution in [0.1, 0.15) is 37.8 Å². The van der Waals surface area contributed by atoms with Crippen molar-refractivity contribution in [2.45, 2.75) is 39.0 Å². The van der Waals surface area contributed by atoms with Crippen molar-refractivity contribution in [3.05, 3.63) is 86.8 Å².